The predicted molar refractivity (Wildman–Crippen MR) is 114 cm³/mol. The Bertz CT molecular complexity index is 1060. The Hall–Kier alpha value is -3.48. The van der Waals surface area contributed by atoms with Gasteiger partial charge in [-0.1, -0.05) is 24.3 Å². The van der Waals surface area contributed by atoms with E-state index in [9.17, 15) is 9.59 Å². The predicted octanol–water partition coefficient (Wildman–Crippen LogP) is 3.40. The maximum Gasteiger partial charge on any atom is 0.340 e. The number of carbonyl (C=O) groups excluding carboxylic acids is 2. The second-order valence-corrected chi connectivity index (χ2v) is 6.84. The van der Waals surface area contributed by atoms with Crippen molar-refractivity contribution in [3.63, 3.8) is 0 Å². The highest BCUT2D eigenvalue weighted by Crippen LogP contribution is 2.28. The van der Waals surface area contributed by atoms with Crippen molar-refractivity contribution in [2.24, 2.45) is 7.05 Å². The van der Waals surface area contributed by atoms with Crippen molar-refractivity contribution in [2.75, 3.05) is 27.4 Å². The maximum atomic E-state index is 12.6. The van der Waals surface area contributed by atoms with Crippen LogP contribution in [0.3, 0.4) is 0 Å². The van der Waals surface area contributed by atoms with E-state index in [0.29, 0.717) is 30.2 Å². The van der Waals surface area contributed by atoms with Crippen LogP contribution in [0.4, 0.5) is 0 Å². The van der Waals surface area contributed by atoms with E-state index in [2.05, 4.69) is 0 Å². The van der Waals surface area contributed by atoms with Crippen LogP contribution in [-0.4, -0.2) is 48.7 Å². The molecule has 0 unspecified atom stereocenters. The Morgan fingerprint density at radius 1 is 1.03 bits per heavy atom. The van der Waals surface area contributed by atoms with E-state index >= 15 is 0 Å². The van der Waals surface area contributed by atoms with Gasteiger partial charge in [0.05, 0.1) is 19.8 Å². The van der Waals surface area contributed by atoms with Crippen LogP contribution in [0, 0.1) is 0 Å². The number of carbonyl (C=O) groups is 2. The zero-order valence-electron chi connectivity index (χ0n) is 17.7. The average molecular weight is 410 g/mol. The normalized spacial score (nSPS) is 10.7. The number of amides is 1. The van der Waals surface area contributed by atoms with E-state index in [4.69, 9.17) is 14.2 Å². The summed E-state index contributed by atoms with van der Waals surface area (Å²) in [5.74, 6) is 0.448. The fraction of sp³-hybridized carbons (Fsp3) is 0.304. The number of methoxy groups -OCH3 is 2. The molecule has 3 aromatic rings. The minimum Gasteiger partial charge on any atom is -0.493 e. The van der Waals surface area contributed by atoms with Crippen LogP contribution in [0.15, 0.2) is 48.7 Å². The van der Waals surface area contributed by atoms with Crippen molar-refractivity contribution in [1.82, 2.24) is 9.47 Å². The molecule has 7 nitrogen and oxygen atoms in total. The first-order valence-corrected chi connectivity index (χ1v) is 9.68. The quantitative estimate of drug-likeness (QED) is 0.533. The summed E-state index contributed by atoms with van der Waals surface area (Å²) in [5, 5.41) is 0.801. The Balaban J connectivity index is 1.66. The highest BCUT2D eigenvalue weighted by Gasteiger charge is 2.19. The summed E-state index contributed by atoms with van der Waals surface area (Å²) in [6, 6.07) is 13.1. The first kappa shape index (κ1) is 21.2. The SMILES string of the molecule is CCN(Cc1ccc(OC)c(OC)c1)C(=O)COC(=O)c1cn(C)c2ccccc12. The summed E-state index contributed by atoms with van der Waals surface area (Å²) in [6.07, 6.45) is 1.72. The number of aromatic nitrogens is 1. The van der Waals surface area contributed by atoms with Gasteiger partial charge in [-0.25, -0.2) is 4.79 Å². The molecule has 1 aromatic heterocycles. The molecule has 1 heterocycles. The number of aryl methyl sites for hydroxylation is 1. The van der Waals surface area contributed by atoms with Gasteiger partial charge >= 0.3 is 5.97 Å². The molecule has 30 heavy (non-hydrogen) atoms. The fourth-order valence-corrected chi connectivity index (χ4v) is 3.38. The molecule has 7 heteroatoms. The molecule has 0 atom stereocenters. The number of hydrogen-bond acceptors (Lipinski definition) is 5. The molecule has 0 spiro atoms. The monoisotopic (exact) mass is 410 g/mol. The molecule has 0 aliphatic rings. The Morgan fingerprint density at radius 2 is 1.77 bits per heavy atom. The number of para-hydroxylation sites is 1. The van der Waals surface area contributed by atoms with Crippen LogP contribution in [0.1, 0.15) is 22.8 Å². The molecule has 0 aliphatic heterocycles. The van der Waals surface area contributed by atoms with Gasteiger partial charge in [-0.2, -0.15) is 0 Å². The third-order valence-corrected chi connectivity index (χ3v) is 5.00. The number of nitrogens with zero attached hydrogens (tertiary/aromatic N) is 2. The van der Waals surface area contributed by atoms with Gasteiger partial charge < -0.3 is 23.7 Å². The summed E-state index contributed by atoms with van der Waals surface area (Å²) in [4.78, 5) is 26.8. The zero-order valence-corrected chi connectivity index (χ0v) is 17.7. The van der Waals surface area contributed by atoms with E-state index in [1.165, 1.54) is 0 Å². The van der Waals surface area contributed by atoms with Crippen molar-refractivity contribution in [1.29, 1.82) is 0 Å². The standard InChI is InChI=1S/C23H26N2O5/c1-5-25(13-16-10-11-20(28-3)21(12-16)29-4)22(26)15-30-23(27)18-14-24(2)19-9-7-6-8-17(18)19/h6-12,14H,5,13,15H2,1-4H3. The molecule has 2 aromatic carbocycles. The van der Waals surface area contributed by atoms with Gasteiger partial charge in [0.25, 0.3) is 5.91 Å². The second kappa shape index (κ2) is 9.35. The van der Waals surface area contributed by atoms with Crippen LogP contribution in [0.2, 0.25) is 0 Å². The maximum absolute atomic E-state index is 12.6. The molecule has 0 aliphatic carbocycles. The summed E-state index contributed by atoms with van der Waals surface area (Å²) in [7, 11) is 5.01. The topological polar surface area (TPSA) is 70.0 Å². The molecule has 158 valence electrons. The summed E-state index contributed by atoms with van der Waals surface area (Å²) in [6.45, 7) is 2.43. The van der Waals surface area contributed by atoms with Gasteiger partial charge in [0, 0.05) is 37.2 Å². The van der Waals surface area contributed by atoms with Crippen molar-refractivity contribution in [3.05, 3.63) is 59.8 Å². The van der Waals surface area contributed by atoms with Gasteiger partial charge in [-0.05, 0) is 30.7 Å². The lowest BCUT2D eigenvalue weighted by Crippen LogP contribution is -2.34. The van der Waals surface area contributed by atoms with Crippen molar-refractivity contribution < 1.29 is 23.8 Å². The third kappa shape index (κ3) is 4.40. The minimum absolute atomic E-state index is 0.263. The van der Waals surface area contributed by atoms with Gasteiger partial charge in [0.2, 0.25) is 0 Å². The number of rotatable bonds is 8. The van der Waals surface area contributed by atoms with Gasteiger partial charge in [0.15, 0.2) is 18.1 Å². The smallest absolute Gasteiger partial charge is 0.340 e. The minimum atomic E-state index is -0.512. The largest absolute Gasteiger partial charge is 0.493 e. The molecular weight excluding hydrogens is 384 g/mol. The van der Waals surface area contributed by atoms with Crippen molar-refractivity contribution >= 4 is 22.8 Å². The van der Waals surface area contributed by atoms with E-state index < -0.39 is 5.97 Å². The Morgan fingerprint density at radius 3 is 2.47 bits per heavy atom. The van der Waals surface area contributed by atoms with E-state index in [1.54, 1.807) is 31.4 Å². The first-order valence-electron chi connectivity index (χ1n) is 9.68. The molecule has 0 fully saturated rings. The molecule has 3 rings (SSSR count). The highest BCUT2D eigenvalue weighted by atomic mass is 16.5. The lowest BCUT2D eigenvalue weighted by Gasteiger charge is -2.21. The summed E-state index contributed by atoms with van der Waals surface area (Å²) < 4.78 is 17.8. The number of esters is 1. The van der Waals surface area contributed by atoms with Crippen molar-refractivity contribution in [3.8, 4) is 11.5 Å². The van der Waals surface area contributed by atoms with E-state index in [1.807, 2.05) is 54.9 Å². The van der Waals surface area contributed by atoms with E-state index in [0.717, 1.165) is 16.5 Å². The number of benzene rings is 2. The molecular formula is C23H26N2O5. The zero-order chi connectivity index (χ0) is 21.7. The lowest BCUT2D eigenvalue weighted by molar-refractivity contribution is -0.134. The van der Waals surface area contributed by atoms with Crippen LogP contribution < -0.4 is 9.47 Å². The van der Waals surface area contributed by atoms with Crippen LogP contribution in [-0.2, 0) is 23.1 Å². The number of ether oxygens (including phenoxy) is 3. The Labute approximate surface area is 175 Å². The second-order valence-electron chi connectivity index (χ2n) is 6.84. The number of hydrogen-bond donors (Lipinski definition) is 0. The fourth-order valence-electron chi connectivity index (χ4n) is 3.38. The van der Waals surface area contributed by atoms with Crippen LogP contribution >= 0.6 is 0 Å². The van der Waals surface area contributed by atoms with Crippen LogP contribution in [0.25, 0.3) is 10.9 Å². The number of likely N-dealkylation sites (N-methyl/N-ethyl adjacent to an activating group) is 1. The molecule has 0 saturated carbocycles. The van der Waals surface area contributed by atoms with Gasteiger partial charge in [-0.3, -0.25) is 4.79 Å². The lowest BCUT2D eigenvalue weighted by atomic mass is 10.2. The molecule has 0 N–H and O–H groups in total. The first-order chi connectivity index (χ1) is 14.5. The summed E-state index contributed by atoms with van der Waals surface area (Å²) >= 11 is 0. The average Bonchev–Trinajstić information content (AvgIpc) is 3.12. The summed E-state index contributed by atoms with van der Waals surface area (Å²) in [5.41, 5.74) is 2.27. The van der Waals surface area contributed by atoms with E-state index in [-0.39, 0.29) is 12.5 Å². The highest BCUT2D eigenvalue weighted by molar-refractivity contribution is 6.04. The Kier molecular flexibility index (Phi) is 6.61. The van der Waals surface area contributed by atoms with Crippen molar-refractivity contribution in [2.45, 2.75) is 13.5 Å². The number of fused-ring (bicyclic) bond motifs is 1. The van der Waals surface area contributed by atoms with Crippen LogP contribution in [0.5, 0.6) is 11.5 Å². The molecule has 0 saturated heterocycles. The molecule has 0 bridgehead atoms. The third-order valence-electron chi connectivity index (χ3n) is 5.00. The molecule has 0 radical (unpaired) electrons. The van der Waals surface area contributed by atoms with Gasteiger partial charge in [-0.15, -0.1) is 0 Å². The van der Waals surface area contributed by atoms with Gasteiger partial charge in [0.1, 0.15) is 0 Å². The molecule has 1 amide bonds.